The van der Waals surface area contributed by atoms with E-state index in [4.69, 9.17) is 18.9 Å². The molecule has 1 aliphatic heterocycles. The molecule has 6 rings (SSSR count). The fraction of sp³-hybridized carbons (Fsp3) is 0.364. The Bertz CT molecular complexity index is 2480. The number of carbonyl (C=O) groups is 1. The zero-order chi connectivity index (χ0) is 42.5. The quantitative estimate of drug-likeness (QED) is 0.106. The molecule has 1 saturated heterocycles. The third-order valence-electron chi connectivity index (χ3n) is 10.2. The average Bonchev–Trinajstić information content (AvgIpc) is 3.20. The van der Waals surface area contributed by atoms with Crippen LogP contribution in [-0.4, -0.2) is 103 Å². The molecule has 2 heterocycles. The zero-order valence-corrected chi connectivity index (χ0v) is 36.7. The summed E-state index contributed by atoms with van der Waals surface area (Å²) in [6, 6.07) is 23.0. The van der Waals surface area contributed by atoms with Gasteiger partial charge in [-0.3, -0.25) is 9.88 Å². The van der Waals surface area contributed by atoms with E-state index in [1.165, 1.54) is 24.6 Å². The van der Waals surface area contributed by atoms with Gasteiger partial charge in [0.2, 0.25) is 10.0 Å². The Morgan fingerprint density at radius 3 is 2.29 bits per heavy atom. The first-order valence-corrected chi connectivity index (χ1v) is 23.5. The Balaban J connectivity index is 1.20. The van der Waals surface area contributed by atoms with E-state index in [0.29, 0.717) is 83.7 Å². The Hall–Kier alpha value is -4.98. The number of morpholine rings is 1. The van der Waals surface area contributed by atoms with Crippen LogP contribution in [0.5, 0.6) is 23.0 Å². The number of hydrogen-bond donors (Lipinski definition) is 2. The number of nitrogens with one attached hydrogen (secondary N) is 2. The second kappa shape index (κ2) is 18.1. The van der Waals surface area contributed by atoms with Gasteiger partial charge in [-0.15, -0.1) is 0 Å². The predicted molar refractivity (Wildman–Crippen MR) is 235 cm³/mol. The maximum absolute atomic E-state index is 13.7. The molecular formula is C44H54N5O8PS. The van der Waals surface area contributed by atoms with Crippen molar-refractivity contribution < 1.29 is 36.7 Å². The van der Waals surface area contributed by atoms with E-state index in [0.717, 1.165) is 29.4 Å². The van der Waals surface area contributed by atoms with Crippen molar-refractivity contribution in [1.82, 2.24) is 14.2 Å². The van der Waals surface area contributed by atoms with Gasteiger partial charge >= 0.3 is 6.03 Å². The Kier molecular flexibility index (Phi) is 13.4. The van der Waals surface area contributed by atoms with Crippen molar-refractivity contribution >= 4 is 50.6 Å². The summed E-state index contributed by atoms with van der Waals surface area (Å²) in [5, 5.41) is 7.99. The maximum Gasteiger partial charge on any atom is 0.323 e. The second-order valence-electron chi connectivity index (χ2n) is 16.0. The molecule has 5 aromatic rings. The number of anilines is 2. The molecule has 2 N–H and O–H groups in total. The molecule has 0 unspecified atom stereocenters. The monoisotopic (exact) mass is 843 g/mol. The van der Waals surface area contributed by atoms with Crippen LogP contribution in [0.4, 0.5) is 16.2 Å². The second-order valence-corrected chi connectivity index (χ2v) is 21.2. The third-order valence-corrected chi connectivity index (χ3v) is 13.5. The molecule has 13 nitrogen and oxygen atoms in total. The first-order valence-electron chi connectivity index (χ1n) is 19.4. The van der Waals surface area contributed by atoms with Crippen molar-refractivity contribution in [2.24, 2.45) is 0 Å². The van der Waals surface area contributed by atoms with Crippen molar-refractivity contribution in [2.75, 3.05) is 84.6 Å². The van der Waals surface area contributed by atoms with Gasteiger partial charge in [0.15, 0.2) is 5.75 Å². The molecule has 1 aliphatic rings. The predicted octanol–water partition coefficient (Wildman–Crippen LogP) is 7.78. The van der Waals surface area contributed by atoms with Crippen molar-refractivity contribution in [2.45, 2.75) is 37.5 Å². The number of pyridine rings is 1. The van der Waals surface area contributed by atoms with Crippen LogP contribution in [-0.2, 0) is 31.2 Å². The van der Waals surface area contributed by atoms with Gasteiger partial charge in [-0.1, -0.05) is 45.0 Å². The summed E-state index contributed by atoms with van der Waals surface area (Å²) in [7, 11) is -1.95. The number of amides is 2. The summed E-state index contributed by atoms with van der Waals surface area (Å²) < 4.78 is 65.1. The van der Waals surface area contributed by atoms with Gasteiger partial charge in [0.05, 0.1) is 49.0 Å². The summed E-state index contributed by atoms with van der Waals surface area (Å²) in [6.45, 7) is 13.4. The molecule has 0 atom stereocenters. The van der Waals surface area contributed by atoms with Crippen LogP contribution in [0, 0.1) is 0 Å². The molecule has 1 fully saturated rings. The lowest BCUT2D eigenvalue weighted by molar-refractivity contribution is 0.0368. The van der Waals surface area contributed by atoms with Crippen molar-refractivity contribution in [3.8, 4) is 23.0 Å². The van der Waals surface area contributed by atoms with E-state index in [9.17, 15) is 17.8 Å². The Morgan fingerprint density at radius 1 is 0.898 bits per heavy atom. The van der Waals surface area contributed by atoms with Gasteiger partial charge in [0.1, 0.15) is 24.4 Å². The van der Waals surface area contributed by atoms with Crippen molar-refractivity contribution in [1.29, 1.82) is 0 Å². The summed E-state index contributed by atoms with van der Waals surface area (Å²) in [5.74, 6) is 1.89. The molecule has 2 amide bonds. The standard InChI is InChI=1S/C44H54N5O8PS/c1-44(2,3)31-26-39(42(55-6)41(27-31)58(7,8)51)47-43(50)46-38-13-14-40(37-12-10-9-11-36(37)38)57-33-15-16-45-32(28-33)23-30-24-34(54-5)29-35(25-30)59(52,53)48(4)17-18-49-19-21-56-22-20-49/h9-16,24-29H,17-23H2,1-8H3,(H2,46,47,50). The van der Waals surface area contributed by atoms with Crippen LogP contribution in [0.15, 0.2) is 90.0 Å². The zero-order valence-electron chi connectivity index (χ0n) is 35.0. The normalized spacial score (nSPS) is 14.0. The number of aromatic nitrogens is 1. The molecule has 0 radical (unpaired) electrons. The topological polar surface area (TPSA) is 149 Å². The molecule has 59 heavy (non-hydrogen) atoms. The smallest absolute Gasteiger partial charge is 0.323 e. The molecule has 0 saturated carbocycles. The number of urea groups is 1. The number of methoxy groups -OCH3 is 2. The highest BCUT2D eigenvalue weighted by Crippen LogP contribution is 2.44. The number of benzene rings is 4. The minimum absolute atomic E-state index is 0.146. The van der Waals surface area contributed by atoms with Crippen LogP contribution in [0.1, 0.15) is 37.6 Å². The highest BCUT2D eigenvalue weighted by Gasteiger charge is 2.27. The molecule has 15 heteroatoms. The first-order chi connectivity index (χ1) is 28.0. The van der Waals surface area contributed by atoms with E-state index in [1.54, 1.807) is 56.9 Å². The third kappa shape index (κ3) is 10.6. The maximum atomic E-state index is 13.7. The first kappa shape index (κ1) is 43.6. The number of sulfonamides is 1. The number of nitrogens with zero attached hydrogens (tertiary/aromatic N) is 3. The van der Waals surface area contributed by atoms with Crippen LogP contribution >= 0.6 is 7.14 Å². The summed E-state index contributed by atoms with van der Waals surface area (Å²) >= 11 is 0. The van der Waals surface area contributed by atoms with E-state index in [2.05, 4.69) is 41.3 Å². The number of ether oxygens (including phenoxy) is 4. The lowest BCUT2D eigenvalue weighted by atomic mass is 9.86. The van der Waals surface area contributed by atoms with Crippen molar-refractivity contribution in [3.63, 3.8) is 0 Å². The van der Waals surface area contributed by atoms with E-state index in [1.807, 2.05) is 42.5 Å². The highest BCUT2D eigenvalue weighted by molar-refractivity contribution is 7.89. The number of likely N-dealkylation sites (N-methyl/N-ethyl adjacent to an activating group) is 1. The van der Waals surface area contributed by atoms with Crippen LogP contribution in [0.2, 0.25) is 0 Å². The number of carbonyl (C=O) groups excluding carboxylic acids is 1. The lowest BCUT2D eigenvalue weighted by Gasteiger charge is -2.28. The van der Waals surface area contributed by atoms with Gasteiger partial charge < -0.3 is 34.1 Å². The minimum Gasteiger partial charge on any atom is -0.497 e. The highest BCUT2D eigenvalue weighted by atomic mass is 32.2. The average molecular weight is 844 g/mol. The molecule has 4 aromatic carbocycles. The lowest BCUT2D eigenvalue weighted by Crippen LogP contribution is -2.41. The van der Waals surface area contributed by atoms with Crippen LogP contribution in [0.25, 0.3) is 10.8 Å². The van der Waals surface area contributed by atoms with E-state index >= 15 is 0 Å². The Labute approximate surface area is 347 Å². The van der Waals surface area contributed by atoms with Gasteiger partial charge in [0, 0.05) is 74.4 Å². The van der Waals surface area contributed by atoms with Gasteiger partial charge in [-0.2, -0.15) is 4.31 Å². The number of rotatable bonds is 14. The van der Waals surface area contributed by atoms with Crippen LogP contribution < -0.4 is 30.1 Å². The fourth-order valence-electron chi connectivity index (χ4n) is 6.86. The number of hydrogen-bond acceptors (Lipinski definition) is 10. The van der Waals surface area contributed by atoms with E-state index in [-0.39, 0.29) is 10.3 Å². The van der Waals surface area contributed by atoms with Crippen molar-refractivity contribution in [3.05, 3.63) is 102 Å². The van der Waals surface area contributed by atoms with Gasteiger partial charge in [-0.05, 0) is 72.3 Å². The fourth-order valence-corrected chi connectivity index (χ4v) is 9.26. The molecule has 0 aliphatic carbocycles. The van der Waals surface area contributed by atoms with Gasteiger partial charge in [0.25, 0.3) is 0 Å². The largest absolute Gasteiger partial charge is 0.497 e. The molecule has 0 spiro atoms. The van der Waals surface area contributed by atoms with Crippen LogP contribution in [0.3, 0.4) is 0 Å². The molecule has 314 valence electrons. The summed E-state index contributed by atoms with van der Waals surface area (Å²) in [5.41, 5.74) is 3.00. The molecule has 0 bridgehead atoms. The minimum atomic E-state index is -3.80. The Morgan fingerprint density at radius 2 is 1.61 bits per heavy atom. The summed E-state index contributed by atoms with van der Waals surface area (Å²) in [6.07, 6.45) is 1.97. The number of fused-ring (bicyclic) bond motifs is 1. The van der Waals surface area contributed by atoms with Gasteiger partial charge in [-0.25, -0.2) is 13.2 Å². The summed E-state index contributed by atoms with van der Waals surface area (Å²) in [4.78, 5) is 20.5. The molecule has 1 aromatic heterocycles. The SMILES string of the molecule is COc1cc(Cc2cc(Oc3ccc(NC(=O)Nc4cc(C(C)(C)C)cc(P(C)(C)=O)c4OC)c4ccccc34)ccn2)cc(S(=O)(=O)N(C)CCN2CCOCC2)c1. The van der Waals surface area contributed by atoms with E-state index < -0.39 is 23.2 Å². The molecular weight excluding hydrogens is 790 g/mol.